The van der Waals surface area contributed by atoms with Gasteiger partial charge in [-0.25, -0.2) is 0 Å². The summed E-state index contributed by atoms with van der Waals surface area (Å²) in [6.07, 6.45) is 3.93. The molecule has 0 spiro atoms. The van der Waals surface area contributed by atoms with Gasteiger partial charge in [-0.15, -0.1) is 0 Å². The van der Waals surface area contributed by atoms with Crippen molar-refractivity contribution in [1.82, 2.24) is 4.90 Å². The number of ether oxygens (including phenoxy) is 2. The lowest BCUT2D eigenvalue weighted by Gasteiger charge is -2.49. The molecular formula is C21H26N2O4. The Labute approximate surface area is 159 Å². The van der Waals surface area contributed by atoms with E-state index in [-0.39, 0.29) is 17.7 Å². The number of hydrogen-bond acceptors (Lipinski definition) is 6. The average Bonchev–Trinajstić information content (AvgIpc) is 2.71. The van der Waals surface area contributed by atoms with Crippen molar-refractivity contribution in [2.24, 2.45) is 11.1 Å². The van der Waals surface area contributed by atoms with E-state index in [0.717, 1.165) is 43.7 Å². The second-order valence-corrected chi connectivity index (χ2v) is 7.39. The Morgan fingerprint density at radius 2 is 1.93 bits per heavy atom. The summed E-state index contributed by atoms with van der Waals surface area (Å²) in [5, 5.41) is 13.4. The number of ketones is 1. The summed E-state index contributed by atoms with van der Waals surface area (Å²) in [5.74, 6) is 1.51. The fraction of sp³-hybridized carbons (Fsp3) is 0.524. The molecule has 0 unspecified atom stereocenters. The molecular weight excluding hydrogens is 344 g/mol. The van der Waals surface area contributed by atoms with Gasteiger partial charge in [0.2, 0.25) is 0 Å². The Morgan fingerprint density at radius 1 is 1.19 bits per heavy atom. The molecule has 6 heteroatoms. The minimum Gasteiger partial charge on any atom is -0.493 e. The van der Waals surface area contributed by atoms with Gasteiger partial charge in [-0.05, 0) is 48.9 Å². The lowest BCUT2D eigenvalue weighted by molar-refractivity contribution is -0.116. The molecule has 0 amide bonds. The van der Waals surface area contributed by atoms with E-state index in [1.165, 1.54) is 11.1 Å². The zero-order valence-electron chi connectivity index (χ0n) is 16.1. The zero-order valence-corrected chi connectivity index (χ0v) is 16.1. The molecule has 4 rings (SSSR count). The first-order chi connectivity index (χ1) is 13.1. The third kappa shape index (κ3) is 2.61. The molecule has 0 saturated heterocycles. The van der Waals surface area contributed by atoms with Gasteiger partial charge < -0.3 is 19.6 Å². The maximum Gasteiger partial charge on any atom is 0.166 e. The number of fused-ring (bicyclic) bond motifs is 4. The van der Waals surface area contributed by atoms with Crippen LogP contribution in [0.2, 0.25) is 0 Å². The molecule has 0 radical (unpaired) electrons. The molecule has 1 aromatic carbocycles. The van der Waals surface area contributed by atoms with Crippen LogP contribution in [-0.2, 0) is 11.2 Å². The monoisotopic (exact) mass is 370 g/mol. The number of methoxy groups -OCH3 is 2. The standard InChI is InChI=1S/C21H26N2O4/c1-4-13-20(22-25)19-15(6-5-7-16(19)24)23-9-8-12-10-17(26-2)18(27-3)11-14(12)21(13)23/h10-11,13,21,25H,4-9H2,1-3H3/b22-20-/t13-,21+/m1/s1. The van der Waals surface area contributed by atoms with Crippen molar-refractivity contribution in [2.75, 3.05) is 20.8 Å². The van der Waals surface area contributed by atoms with E-state index < -0.39 is 0 Å². The maximum atomic E-state index is 12.7. The maximum absolute atomic E-state index is 12.7. The highest BCUT2D eigenvalue weighted by Crippen LogP contribution is 2.49. The minimum absolute atomic E-state index is 0.0343. The van der Waals surface area contributed by atoms with Gasteiger partial charge in [-0.1, -0.05) is 12.1 Å². The lowest BCUT2D eigenvalue weighted by Crippen LogP contribution is -2.48. The van der Waals surface area contributed by atoms with Gasteiger partial charge in [0.15, 0.2) is 17.3 Å². The number of benzene rings is 1. The summed E-state index contributed by atoms with van der Waals surface area (Å²) in [5.41, 5.74) is 4.68. The van der Waals surface area contributed by atoms with Crippen LogP contribution in [0.5, 0.6) is 11.5 Å². The van der Waals surface area contributed by atoms with Crippen molar-refractivity contribution >= 4 is 11.5 Å². The van der Waals surface area contributed by atoms with Crippen LogP contribution < -0.4 is 9.47 Å². The number of carbonyl (C=O) groups excluding carboxylic acids is 1. The largest absolute Gasteiger partial charge is 0.493 e. The SMILES string of the molecule is CC[C@@H]1/C(=N/O)C2=C(CCCC2=O)N2CCc3cc(OC)c(OC)cc3[C@H]12. The van der Waals surface area contributed by atoms with Gasteiger partial charge in [0.25, 0.3) is 0 Å². The first-order valence-electron chi connectivity index (χ1n) is 9.64. The van der Waals surface area contributed by atoms with E-state index in [1.807, 2.05) is 0 Å². The van der Waals surface area contributed by atoms with Gasteiger partial charge in [0, 0.05) is 24.6 Å². The molecule has 1 aliphatic carbocycles. The van der Waals surface area contributed by atoms with Crippen LogP contribution in [0.1, 0.15) is 49.8 Å². The van der Waals surface area contributed by atoms with Crippen molar-refractivity contribution in [2.45, 2.75) is 45.1 Å². The molecule has 0 saturated carbocycles. The second-order valence-electron chi connectivity index (χ2n) is 7.39. The van der Waals surface area contributed by atoms with Gasteiger partial charge >= 0.3 is 0 Å². The van der Waals surface area contributed by atoms with Gasteiger partial charge in [0.05, 0.1) is 31.5 Å². The summed E-state index contributed by atoms with van der Waals surface area (Å²) in [6, 6.07) is 4.16. The molecule has 0 aromatic heterocycles. The summed E-state index contributed by atoms with van der Waals surface area (Å²) in [6.45, 7) is 2.94. The zero-order chi connectivity index (χ0) is 19.1. The third-order valence-corrected chi connectivity index (χ3v) is 6.19. The fourth-order valence-electron chi connectivity index (χ4n) is 4.99. The number of rotatable bonds is 3. The van der Waals surface area contributed by atoms with Crippen LogP contribution in [0.25, 0.3) is 0 Å². The van der Waals surface area contributed by atoms with Crippen molar-refractivity contribution in [3.8, 4) is 11.5 Å². The minimum atomic E-state index is -0.0343. The van der Waals surface area contributed by atoms with Crippen molar-refractivity contribution in [3.05, 3.63) is 34.5 Å². The molecule has 2 heterocycles. The summed E-state index contributed by atoms with van der Waals surface area (Å²) < 4.78 is 11.0. The summed E-state index contributed by atoms with van der Waals surface area (Å²) in [4.78, 5) is 15.0. The molecule has 2 atom stereocenters. The number of hydrogen-bond donors (Lipinski definition) is 1. The third-order valence-electron chi connectivity index (χ3n) is 6.19. The Balaban J connectivity index is 1.91. The number of oxime groups is 1. The molecule has 1 N–H and O–H groups in total. The molecule has 2 aliphatic heterocycles. The molecule has 1 aromatic rings. The van der Waals surface area contributed by atoms with Crippen molar-refractivity contribution in [3.63, 3.8) is 0 Å². The number of Topliss-reactive ketones (excluding diaryl/α,β-unsaturated/α-hetero) is 1. The van der Waals surface area contributed by atoms with Gasteiger partial charge in [-0.3, -0.25) is 4.79 Å². The van der Waals surface area contributed by atoms with E-state index in [4.69, 9.17) is 9.47 Å². The van der Waals surface area contributed by atoms with Gasteiger partial charge in [0.1, 0.15) is 0 Å². The first kappa shape index (κ1) is 17.9. The predicted molar refractivity (Wildman–Crippen MR) is 102 cm³/mol. The lowest BCUT2D eigenvalue weighted by atomic mass is 9.72. The van der Waals surface area contributed by atoms with Crippen molar-refractivity contribution in [1.29, 1.82) is 0 Å². The molecule has 0 bridgehead atoms. The average molecular weight is 370 g/mol. The highest BCUT2D eigenvalue weighted by atomic mass is 16.5. The molecule has 144 valence electrons. The second kappa shape index (κ2) is 6.91. The van der Waals surface area contributed by atoms with Crippen LogP contribution in [0, 0.1) is 5.92 Å². The molecule has 27 heavy (non-hydrogen) atoms. The van der Waals surface area contributed by atoms with Crippen LogP contribution in [0.4, 0.5) is 0 Å². The number of allylic oxidation sites excluding steroid dienone is 2. The van der Waals surface area contributed by atoms with E-state index in [9.17, 15) is 10.0 Å². The predicted octanol–water partition coefficient (Wildman–Crippen LogP) is 3.48. The number of nitrogens with zero attached hydrogens (tertiary/aromatic N) is 2. The highest BCUT2D eigenvalue weighted by molar-refractivity contribution is 6.24. The Bertz CT molecular complexity index is 843. The van der Waals surface area contributed by atoms with Crippen LogP contribution in [-0.4, -0.2) is 42.4 Å². The fourth-order valence-corrected chi connectivity index (χ4v) is 4.99. The van der Waals surface area contributed by atoms with Crippen molar-refractivity contribution < 1.29 is 19.5 Å². The number of carbonyl (C=O) groups is 1. The Morgan fingerprint density at radius 3 is 2.59 bits per heavy atom. The van der Waals surface area contributed by atoms with Crippen LogP contribution >= 0.6 is 0 Å². The molecule has 6 nitrogen and oxygen atoms in total. The summed E-state index contributed by atoms with van der Waals surface area (Å²) in [7, 11) is 3.29. The Kier molecular flexibility index (Phi) is 4.58. The molecule has 3 aliphatic rings. The quantitative estimate of drug-likeness (QED) is 0.651. The Hall–Kier alpha value is -2.50. The normalized spacial score (nSPS) is 25.8. The first-order valence-corrected chi connectivity index (χ1v) is 9.64. The van der Waals surface area contributed by atoms with E-state index >= 15 is 0 Å². The highest BCUT2D eigenvalue weighted by Gasteiger charge is 2.46. The van der Waals surface area contributed by atoms with Crippen LogP contribution in [0.3, 0.4) is 0 Å². The van der Waals surface area contributed by atoms with E-state index in [2.05, 4.69) is 29.1 Å². The smallest absolute Gasteiger partial charge is 0.166 e. The topological polar surface area (TPSA) is 71.4 Å². The van der Waals surface area contributed by atoms with E-state index in [1.54, 1.807) is 14.2 Å². The van der Waals surface area contributed by atoms with Gasteiger partial charge in [-0.2, -0.15) is 0 Å². The van der Waals surface area contributed by atoms with E-state index in [0.29, 0.717) is 23.5 Å². The summed E-state index contributed by atoms with van der Waals surface area (Å²) >= 11 is 0. The molecule has 0 fully saturated rings. The van der Waals surface area contributed by atoms with Crippen LogP contribution in [0.15, 0.2) is 28.6 Å².